The number of nitrogens with zero attached hydrogens (tertiary/aromatic N) is 3. The van der Waals surface area contributed by atoms with Crippen molar-refractivity contribution in [3.05, 3.63) is 17.5 Å². The Morgan fingerprint density at radius 3 is 2.40 bits per heavy atom. The maximum Gasteiger partial charge on any atom is 0.326 e. The van der Waals surface area contributed by atoms with Crippen LogP contribution in [0.25, 0.3) is 0 Å². The molecule has 1 unspecified atom stereocenters. The Bertz CT molecular complexity index is 532. The molecule has 0 radical (unpaired) electrons. The minimum Gasteiger partial charge on any atom is -0.480 e. The zero-order chi connectivity index (χ0) is 15.0. The number of aryl methyl sites for hydroxylation is 1. The molecule has 0 aromatic carbocycles. The lowest BCUT2D eigenvalue weighted by Crippen LogP contribution is -2.45. The second-order valence-electron chi connectivity index (χ2n) is 5.69. The summed E-state index contributed by atoms with van der Waals surface area (Å²) in [6.45, 7) is 5.57. The molecular formula is C14H21N3O3. The lowest BCUT2D eigenvalue weighted by molar-refractivity contribution is -0.141. The van der Waals surface area contributed by atoms with Gasteiger partial charge in [-0.1, -0.05) is 13.8 Å². The van der Waals surface area contributed by atoms with Crippen LogP contribution in [-0.4, -0.2) is 43.7 Å². The van der Waals surface area contributed by atoms with E-state index < -0.39 is 12.0 Å². The zero-order valence-corrected chi connectivity index (χ0v) is 12.3. The van der Waals surface area contributed by atoms with Gasteiger partial charge in [-0.25, -0.2) is 4.79 Å². The summed E-state index contributed by atoms with van der Waals surface area (Å²) in [5.74, 6) is -0.991. The molecular weight excluding hydrogens is 258 g/mol. The van der Waals surface area contributed by atoms with E-state index in [1.54, 1.807) is 24.7 Å². The summed E-state index contributed by atoms with van der Waals surface area (Å²) in [6.07, 6.45) is 1.75. The molecule has 1 saturated carbocycles. The second kappa shape index (κ2) is 5.26. The van der Waals surface area contributed by atoms with Gasteiger partial charge in [0.25, 0.3) is 5.91 Å². The van der Waals surface area contributed by atoms with E-state index in [-0.39, 0.29) is 17.9 Å². The molecule has 6 heteroatoms. The largest absolute Gasteiger partial charge is 0.480 e. The molecule has 1 atom stereocenters. The summed E-state index contributed by atoms with van der Waals surface area (Å²) < 4.78 is 1.54. The number of carboxylic acids is 1. The fraction of sp³-hybridized carbons (Fsp3) is 0.643. The fourth-order valence-electron chi connectivity index (χ4n) is 2.23. The van der Waals surface area contributed by atoms with Gasteiger partial charge in [0, 0.05) is 13.1 Å². The van der Waals surface area contributed by atoms with E-state index >= 15 is 0 Å². The van der Waals surface area contributed by atoms with E-state index in [4.69, 9.17) is 0 Å². The van der Waals surface area contributed by atoms with Crippen LogP contribution in [0.4, 0.5) is 0 Å². The number of aliphatic carboxylic acids is 1. The molecule has 1 aromatic rings. The van der Waals surface area contributed by atoms with Crippen molar-refractivity contribution in [2.45, 2.75) is 51.6 Å². The smallest absolute Gasteiger partial charge is 0.326 e. The summed E-state index contributed by atoms with van der Waals surface area (Å²) >= 11 is 0. The van der Waals surface area contributed by atoms with Crippen molar-refractivity contribution in [2.24, 2.45) is 7.05 Å². The van der Waals surface area contributed by atoms with Gasteiger partial charge < -0.3 is 10.0 Å². The Morgan fingerprint density at radius 2 is 2.00 bits per heavy atom. The van der Waals surface area contributed by atoms with Crippen LogP contribution in [0.3, 0.4) is 0 Å². The summed E-state index contributed by atoms with van der Waals surface area (Å²) in [7, 11) is 1.72. The van der Waals surface area contributed by atoms with Gasteiger partial charge in [-0.15, -0.1) is 0 Å². The quantitative estimate of drug-likeness (QED) is 0.888. The van der Waals surface area contributed by atoms with Crippen molar-refractivity contribution in [3.63, 3.8) is 0 Å². The minimum absolute atomic E-state index is 0.0472. The molecule has 2 rings (SSSR count). The standard InChI is InChI=1S/C14H21N3O3/c1-8(2)11-7-12(16(4)15-11)13(18)17(10-5-6-10)9(3)14(19)20/h7-10H,5-6H2,1-4H3,(H,19,20). The molecule has 1 fully saturated rings. The van der Waals surface area contributed by atoms with E-state index in [2.05, 4.69) is 5.10 Å². The predicted molar refractivity (Wildman–Crippen MR) is 73.6 cm³/mol. The first-order valence-corrected chi connectivity index (χ1v) is 6.92. The van der Waals surface area contributed by atoms with Crippen LogP contribution in [0.5, 0.6) is 0 Å². The van der Waals surface area contributed by atoms with Gasteiger partial charge in [-0.3, -0.25) is 9.48 Å². The molecule has 1 aliphatic rings. The zero-order valence-electron chi connectivity index (χ0n) is 12.3. The average molecular weight is 279 g/mol. The van der Waals surface area contributed by atoms with E-state index in [9.17, 15) is 14.7 Å². The van der Waals surface area contributed by atoms with Crippen molar-refractivity contribution in [1.29, 1.82) is 0 Å². The van der Waals surface area contributed by atoms with Crippen molar-refractivity contribution in [3.8, 4) is 0 Å². The summed E-state index contributed by atoms with van der Waals surface area (Å²) in [4.78, 5) is 25.3. The Labute approximate surface area is 118 Å². The molecule has 6 nitrogen and oxygen atoms in total. The number of rotatable bonds is 5. The highest BCUT2D eigenvalue weighted by Crippen LogP contribution is 2.30. The number of amides is 1. The molecule has 110 valence electrons. The highest BCUT2D eigenvalue weighted by Gasteiger charge is 2.39. The van der Waals surface area contributed by atoms with Gasteiger partial charge in [-0.05, 0) is 31.7 Å². The Kier molecular flexibility index (Phi) is 3.83. The van der Waals surface area contributed by atoms with Crippen molar-refractivity contribution in [2.75, 3.05) is 0 Å². The van der Waals surface area contributed by atoms with E-state index in [0.29, 0.717) is 5.69 Å². The van der Waals surface area contributed by atoms with Gasteiger partial charge in [0.2, 0.25) is 0 Å². The van der Waals surface area contributed by atoms with E-state index in [1.165, 1.54) is 4.90 Å². The third kappa shape index (κ3) is 2.69. The Hall–Kier alpha value is -1.85. The topological polar surface area (TPSA) is 75.4 Å². The third-order valence-electron chi connectivity index (χ3n) is 3.66. The molecule has 1 aromatic heterocycles. The molecule has 0 saturated heterocycles. The molecule has 0 bridgehead atoms. The molecule has 1 N–H and O–H groups in total. The Morgan fingerprint density at radius 1 is 1.40 bits per heavy atom. The lowest BCUT2D eigenvalue weighted by Gasteiger charge is -2.26. The number of carboxylic acid groups (broad SMARTS) is 1. The van der Waals surface area contributed by atoms with Crippen molar-refractivity contribution >= 4 is 11.9 Å². The molecule has 0 aliphatic heterocycles. The van der Waals surface area contributed by atoms with Crippen LogP contribution in [0.1, 0.15) is 55.7 Å². The van der Waals surface area contributed by atoms with Crippen LogP contribution in [0.2, 0.25) is 0 Å². The van der Waals surface area contributed by atoms with Crippen molar-refractivity contribution < 1.29 is 14.7 Å². The maximum absolute atomic E-state index is 12.6. The lowest BCUT2D eigenvalue weighted by atomic mass is 10.1. The number of carbonyl (C=O) groups is 2. The normalized spacial score (nSPS) is 16.2. The van der Waals surface area contributed by atoms with Crippen LogP contribution in [0, 0.1) is 0 Å². The van der Waals surface area contributed by atoms with Crippen LogP contribution in [0.15, 0.2) is 6.07 Å². The summed E-state index contributed by atoms with van der Waals surface area (Å²) in [5.41, 5.74) is 1.29. The summed E-state index contributed by atoms with van der Waals surface area (Å²) in [6, 6.07) is 0.995. The first-order chi connectivity index (χ1) is 9.32. The van der Waals surface area contributed by atoms with Gasteiger partial charge in [0.1, 0.15) is 11.7 Å². The third-order valence-corrected chi connectivity index (χ3v) is 3.66. The van der Waals surface area contributed by atoms with Gasteiger partial charge in [-0.2, -0.15) is 5.10 Å². The van der Waals surface area contributed by atoms with E-state index in [1.807, 2.05) is 13.8 Å². The maximum atomic E-state index is 12.6. The number of hydrogen-bond donors (Lipinski definition) is 1. The highest BCUT2D eigenvalue weighted by atomic mass is 16.4. The SMILES string of the molecule is CC(C)c1cc(C(=O)N(C2CC2)C(C)C(=O)O)n(C)n1. The molecule has 1 heterocycles. The second-order valence-corrected chi connectivity index (χ2v) is 5.69. The highest BCUT2D eigenvalue weighted by molar-refractivity contribution is 5.95. The Balaban J connectivity index is 2.30. The van der Waals surface area contributed by atoms with Gasteiger partial charge in [0.05, 0.1) is 5.69 Å². The number of carbonyl (C=O) groups excluding carboxylic acids is 1. The van der Waals surface area contributed by atoms with Crippen LogP contribution < -0.4 is 0 Å². The number of hydrogen-bond acceptors (Lipinski definition) is 3. The van der Waals surface area contributed by atoms with Gasteiger partial charge in [0.15, 0.2) is 0 Å². The molecule has 1 amide bonds. The average Bonchev–Trinajstić information content (AvgIpc) is 3.10. The van der Waals surface area contributed by atoms with E-state index in [0.717, 1.165) is 18.5 Å². The predicted octanol–water partition coefficient (Wildman–Crippen LogP) is 1.62. The molecule has 20 heavy (non-hydrogen) atoms. The molecule has 1 aliphatic carbocycles. The van der Waals surface area contributed by atoms with Crippen LogP contribution in [-0.2, 0) is 11.8 Å². The monoisotopic (exact) mass is 279 g/mol. The summed E-state index contributed by atoms with van der Waals surface area (Å²) in [5, 5.41) is 13.5. The first-order valence-electron chi connectivity index (χ1n) is 6.92. The fourth-order valence-corrected chi connectivity index (χ4v) is 2.23. The van der Waals surface area contributed by atoms with Gasteiger partial charge >= 0.3 is 5.97 Å². The minimum atomic E-state index is -0.975. The van der Waals surface area contributed by atoms with Crippen LogP contribution >= 0.6 is 0 Å². The first kappa shape index (κ1) is 14.6. The molecule has 0 spiro atoms. The number of aromatic nitrogens is 2. The van der Waals surface area contributed by atoms with Crippen molar-refractivity contribution in [1.82, 2.24) is 14.7 Å².